The van der Waals surface area contributed by atoms with E-state index in [1.165, 1.54) is 5.56 Å². The van der Waals surface area contributed by atoms with Gasteiger partial charge < -0.3 is 10.2 Å². The molecule has 3 nitrogen and oxygen atoms in total. The molecule has 1 aliphatic rings. The van der Waals surface area contributed by atoms with Crippen LogP contribution in [0.1, 0.15) is 25.3 Å². The Bertz CT molecular complexity index is 404. The highest BCUT2D eigenvalue weighted by Crippen LogP contribution is 2.33. The number of piperidine rings is 1. The van der Waals surface area contributed by atoms with Gasteiger partial charge in [-0.2, -0.15) is 0 Å². The second-order valence-electron chi connectivity index (χ2n) is 5.38. The molecule has 1 fully saturated rings. The number of rotatable bonds is 3. The molecule has 1 heterocycles. The van der Waals surface area contributed by atoms with Crippen molar-refractivity contribution in [2.24, 2.45) is 0 Å². The van der Waals surface area contributed by atoms with Crippen LogP contribution in [0.2, 0.25) is 0 Å². The molecule has 1 aromatic carbocycles. The number of likely N-dealkylation sites (N-methyl/N-ethyl adjacent to an activating group) is 1. The second kappa shape index (κ2) is 5.53. The third-order valence-corrected chi connectivity index (χ3v) is 3.85. The third-order valence-electron chi connectivity index (χ3n) is 3.85. The van der Waals surface area contributed by atoms with E-state index in [0.717, 1.165) is 25.9 Å². The molecule has 1 amide bonds. The molecule has 1 atom stereocenters. The summed E-state index contributed by atoms with van der Waals surface area (Å²) in [6.07, 6.45) is 2.24. The van der Waals surface area contributed by atoms with E-state index in [1.807, 2.05) is 18.0 Å². The van der Waals surface area contributed by atoms with Gasteiger partial charge in [0.15, 0.2) is 0 Å². The van der Waals surface area contributed by atoms with Crippen molar-refractivity contribution < 1.29 is 4.79 Å². The first-order valence-electron chi connectivity index (χ1n) is 6.64. The van der Waals surface area contributed by atoms with Crippen molar-refractivity contribution in [2.45, 2.75) is 25.2 Å². The lowest BCUT2D eigenvalue weighted by atomic mass is 9.76. The lowest BCUT2D eigenvalue weighted by molar-refractivity contribution is -0.132. The van der Waals surface area contributed by atoms with E-state index in [1.54, 1.807) is 0 Å². The van der Waals surface area contributed by atoms with Gasteiger partial charge in [0, 0.05) is 18.5 Å². The minimum Gasteiger partial charge on any atom is -0.341 e. The van der Waals surface area contributed by atoms with Crippen LogP contribution in [0.4, 0.5) is 0 Å². The molecule has 18 heavy (non-hydrogen) atoms. The first kappa shape index (κ1) is 13.1. The number of amides is 1. The molecule has 1 unspecified atom stereocenters. The van der Waals surface area contributed by atoms with Crippen molar-refractivity contribution in [2.75, 3.05) is 26.7 Å². The second-order valence-corrected chi connectivity index (χ2v) is 5.38. The number of benzene rings is 1. The molecule has 3 heteroatoms. The lowest BCUT2D eigenvalue weighted by Crippen LogP contribution is -2.49. The maximum atomic E-state index is 12.0. The van der Waals surface area contributed by atoms with Crippen LogP contribution in [0, 0.1) is 0 Å². The highest BCUT2D eigenvalue weighted by Gasteiger charge is 2.34. The zero-order valence-corrected chi connectivity index (χ0v) is 11.3. The van der Waals surface area contributed by atoms with Gasteiger partial charge >= 0.3 is 0 Å². The fraction of sp³-hybridized carbons (Fsp3) is 0.533. The van der Waals surface area contributed by atoms with E-state index in [9.17, 15) is 4.79 Å². The summed E-state index contributed by atoms with van der Waals surface area (Å²) in [5.74, 6) is 0.208. The summed E-state index contributed by atoms with van der Waals surface area (Å²) in [6, 6.07) is 10.5. The van der Waals surface area contributed by atoms with Crippen LogP contribution in [0.5, 0.6) is 0 Å². The molecule has 1 aliphatic heterocycles. The van der Waals surface area contributed by atoms with Crippen molar-refractivity contribution in [3.8, 4) is 0 Å². The van der Waals surface area contributed by atoms with E-state index in [0.29, 0.717) is 6.54 Å². The zero-order chi connectivity index (χ0) is 13.0. The predicted octanol–water partition coefficient (Wildman–Crippen LogP) is 1.79. The van der Waals surface area contributed by atoms with Crippen LogP contribution in [0.3, 0.4) is 0 Å². The Hall–Kier alpha value is -1.35. The van der Waals surface area contributed by atoms with E-state index < -0.39 is 0 Å². The summed E-state index contributed by atoms with van der Waals surface area (Å²) in [4.78, 5) is 14.0. The predicted molar refractivity (Wildman–Crippen MR) is 73.5 cm³/mol. The van der Waals surface area contributed by atoms with Gasteiger partial charge in [-0.15, -0.1) is 0 Å². The normalized spacial score (nSPS) is 24.0. The van der Waals surface area contributed by atoms with E-state index >= 15 is 0 Å². The zero-order valence-electron chi connectivity index (χ0n) is 11.3. The monoisotopic (exact) mass is 246 g/mol. The maximum absolute atomic E-state index is 12.0. The third kappa shape index (κ3) is 2.72. The van der Waals surface area contributed by atoms with Gasteiger partial charge in [0.05, 0.1) is 6.54 Å². The van der Waals surface area contributed by atoms with Crippen LogP contribution in [-0.2, 0) is 10.2 Å². The molecular weight excluding hydrogens is 224 g/mol. The van der Waals surface area contributed by atoms with Crippen LogP contribution in [-0.4, -0.2) is 37.5 Å². The number of hydrogen-bond acceptors (Lipinski definition) is 2. The molecule has 1 aromatic rings. The molecule has 1 saturated heterocycles. The fourth-order valence-electron chi connectivity index (χ4n) is 2.79. The van der Waals surface area contributed by atoms with E-state index in [2.05, 4.69) is 36.5 Å². The molecule has 0 saturated carbocycles. The minimum atomic E-state index is 0.100. The average Bonchev–Trinajstić information content (AvgIpc) is 2.40. The van der Waals surface area contributed by atoms with Crippen molar-refractivity contribution in [1.82, 2.24) is 10.2 Å². The Balaban J connectivity index is 2.12. The number of nitrogens with one attached hydrogen (secondary N) is 1. The first-order valence-corrected chi connectivity index (χ1v) is 6.64. The Morgan fingerprint density at radius 1 is 1.39 bits per heavy atom. The molecule has 1 N–H and O–H groups in total. The van der Waals surface area contributed by atoms with Crippen molar-refractivity contribution >= 4 is 5.91 Å². The van der Waals surface area contributed by atoms with Gasteiger partial charge in [0.1, 0.15) is 0 Å². The van der Waals surface area contributed by atoms with Crippen molar-refractivity contribution in [3.05, 3.63) is 35.9 Å². The molecule has 0 bridgehead atoms. The largest absolute Gasteiger partial charge is 0.341 e. The standard InChI is InChI=1S/C15H22N2O/c1-15(13-7-4-3-5-8-13)9-6-10-17(12-15)14(18)11-16-2/h3-5,7-8,16H,6,9-12H2,1-2H3. The van der Waals surface area contributed by atoms with Gasteiger partial charge in [-0.1, -0.05) is 37.3 Å². The maximum Gasteiger partial charge on any atom is 0.236 e. The Labute approximate surface area is 109 Å². The topological polar surface area (TPSA) is 32.3 Å². The summed E-state index contributed by atoms with van der Waals surface area (Å²) in [7, 11) is 1.82. The first-order chi connectivity index (χ1) is 8.65. The van der Waals surface area contributed by atoms with Gasteiger partial charge in [-0.3, -0.25) is 4.79 Å². The fourth-order valence-corrected chi connectivity index (χ4v) is 2.79. The Kier molecular flexibility index (Phi) is 4.02. The van der Waals surface area contributed by atoms with E-state index in [4.69, 9.17) is 0 Å². The Morgan fingerprint density at radius 3 is 2.78 bits per heavy atom. The van der Waals surface area contributed by atoms with Crippen LogP contribution in [0.25, 0.3) is 0 Å². The molecule has 0 aromatic heterocycles. The van der Waals surface area contributed by atoms with Crippen LogP contribution < -0.4 is 5.32 Å². The Morgan fingerprint density at radius 2 is 2.11 bits per heavy atom. The summed E-state index contributed by atoms with van der Waals surface area (Å²) in [5.41, 5.74) is 1.44. The van der Waals surface area contributed by atoms with Crippen molar-refractivity contribution in [1.29, 1.82) is 0 Å². The molecule has 98 valence electrons. The molecule has 0 radical (unpaired) electrons. The van der Waals surface area contributed by atoms with Gasteiger partial charge in [0.2, 0.25) is 5.91 Å². The van der Waals surface area contributed by atoms with Crippen LogP contribution in [0.15, 0.2) is 30.3 Å². The molecule has 0 spiro atoms. The van der Waals surface area contributed by atoms with Gasteiger partial charge in [-0.05, 0) is 25.5 Å². The number of likely N-dealkylation sites (tertiary alicyclic amines) is 1. The van der Waals surface area contributed by atoms with Crippen LogP contribution >= 0.6 is 0 Å². The van der Waals surface area contributed by atoms with Crippen molar-refractivity contribution in [3.63, 3.8) is 0 Å². The van der Waals surface area contributed by atoms with Gasteiger partial charge in [-0.25, -0.2) is 0 Å². The SMILES string of the molecule is CNCC(=O)N1CCCC(C)(c2ccccc2)C1. The molecular formula is C15H22N2O. The summed E-state index contributed by atoms with van der Waals surface area (Å²) in [6.45, 7) is 4.42. The number of nitrogens with zero attached hydrogens (tertiary/aromatic N) is 1. The number of carbonyl (C=O) groups excluding carboxylic acids is 1. The summed E-state index contributed by atoms with van der Waals surface area (Å²) >= 11 is 0. The average molecular weight is 246 g/mol. The van der Waals surface area contributed by atoms with Gasteiger partial charge in [0.25, 0.3) is 0 Å². The van der Waals surface area contributed by atoms with E-state index in [-0.39, 0.29) is 11.3 Å². The lowest BCUT2D eigenvalue weighted by Gasteiger charge is -2.41. The minimum absolute atomic E-state index is 0.100. The number of carbonyl (C=O) groups is 1. The number of hydrogen-bond donors (Lipinski definition) is 1. The summed E-state index contributed by atoms with van der Waals surface area (Å²) < 4.78 is 0. The molecule has 0 aliphatic carbocycles. The molecule has 2 rings (SSSR count). The summed E-state index contributed by atoms with van der Waals surface area (Å²) in [5, 5.41) is 2.94. The quantitative estimate of drug-likeness (QED) is 0.882. The highest BCUT2D eigenvalue weighted by atomic mass is 16.2. The highest BCUT2D eigenvalue weighted by molar-refractivity contribution is 5.78. The smallest absolute Gasteiger partial charge is 0.236 e.